The maximum absolute atomic E-state index is 9.89. The second-order valence-corrected chi connectivity index (χ2v) is 2.71. The van der Waals surface area contributed by atoms with E-state index in [1.165, 1.54) is 0 Å². The molecular weight excluding hydrogens is 160 g/mol. The zero-order valence-electron chi connectivity index (χ0n) is 6.01. The highest BCUT2D eigenvalue weighted by atomic mass is 35.5. The number of rotatable bonds is 3. The Balaban J connectivity index is 2.58. The first-order valence-corrected chi connectivity index (χ1v) is 3.80. The van der Waals surface area contributed by atoms with Crippen molar-refractivity contribution < 1.29 is 4.79 Å². The molecule has 0 aromatic heterocycles. The normalized spacial score (nSPS) is 9.55. The van der Waals surface area contributed by atoms with Gasteiger partial charge < -0.3 is 0 Å². The van der Waals surface area contributed by atoms with Crippen LogP contribution < -0.4 is 0 Å². The van der Waals surface area contributed by atoms with E-state index in [9.17, 15) is 4.79 Å². The topological polar surface area (TPSA) is 17.1 Å². The number of hydrogen-bond donors (Lipinski definition) is 0. The molecule has 0 heterocycles. The summed E-state index contributed by atoms with van der Waals surface area (Å²) in [5.74, 6) is 0. The molecule has 0 amide bonds. The van der Waals surface area contributed by atoms with Crippen LogP contribution in [0, 0.1) is 0 Å². The molecule has 0 atom stereocenters. The molecule has 57 valence electrons. The van der Waals surface area contributed by atoms with E-state index >= 15 is 0 Å². The third-order valence-corrected chi connectivity index (χ3v) is 1.68. The average molecular weight is 168 g/mol. The lowest BCUT2D eigenvalue weighted by Gasteiger charge is -1.95. The van der Waals surface area contributed by atoms with Gasteiger partial charge in [0.2, 0.25) is 0 Å². The molecule has 0 bridgehead atoms. The smallest absolute Gasteiger partial charge is 0.198 e. The summed E-state index contributed by atoms with van der Waals surface area (Å²) >= 11 is 5.67. The summed E-state index contributed by atoms with van der Waals surface area (Å²) < 4.78 is 0. The van der Waals surface area contributed by atoms with E-state index in [2.05, 4.69) is 0 Å². The molecule has 0 spiro atoms. The Bertz CT molecular complexity index is 228. The first kappa shape index (κ1) is 8.28. The fraction of sp³-hybridized carbons (Fsp3) is 0.222. The van der Waals surface area contributed by atoms with E-state index in [1.807, 2.05) is 30.6 Å². The van der Waals surface area contributed by atoms with Gasteiger partial charge in [-0.15, -0.1) is 0 Å². The average Bonchev–Trinajstić information content (AvgIpc) is 2.04. The maximum atomic E-state index is 9.89. The Morgan fingerprint density at radius 3 is 2.45 bits per heavy atom. The minimum absolute atomic E-state index is 0.460. The Kier molecular flexibility index (Phi) is 3.12. The summed E-state index contributed by atoms with van der Waals surface area (Å²) in [5, 5.41) is 0.726. The molecule has 0 saturated carbocycles. The van der Waals surface area contributed by atoms with E-state index in [4.69, 9.17) is 11.6 Å². The van der Waals surface area contributed by atoms with Crippen LogP contribution in [0.2, 0.25) is 5.02 Å². The van der Waals surface area contributed by atoms with Gasteiger partial charge in [0.05, 0.1) is 0 Å². The molecule has 0 fully saturated rings. The minimum Gasteiger partial charge on any atom is -0.291 e. The molecule has 0 unspecified atom stereocenters. The number of hydrogen-bond acceptors (Lipinski definition) is 1. The van der Waals surface area contributed by atoms with Gasteiger partial charge in [0, 0.05) is 11.4 Å². The van der Waals surface area contributed by atoms with Gasteiger partial charge in [-0.1, -0.05) is 23.7 Å². The first-order valence-electron chi connectivity index (χ1n) is 3.42. The van der Waals surface area contributed by atoms with Crippen molar-refractivity contribution in [1.82, 2.24) is 0 Å². The van der Waals surface area contributed by atoms with E-state index in [0.29, 0.717) is 6.42 Å². The summed E-state index contributed by atoms with van der Waals surface area (Å²) in [6.45, 7) is 0. The number of carbonyl (C=O) groups excluding carboxylic acids is 1. The van der Waals surface area contributed by atoms with Crippen molar-refractivity contribution >= 4 is 17.9 Å². The van der Waals surface area contributed by atoms with E-state index in [0.717, 1.165) is 17.0 Å². The van der Waals surface area contributed by atoms with E-state index in [1.54, 1.807) is 0 Å². The largest absolute Gasteiger partial charge is 0.291 e. The molecule has 0 aliphatic heterocycles. The summed E-state index contributed by atoms with van der Waals surface area (Å²) in [5.41, 5.74) is 1.12. The Morgan fingerprint density at radius 2 is 1.91 bits per heavy atom. The van der Waals surface area contributed by atoms with Crippen LogP contribution in [0.15, 0.2) is 24.3 Å². The molecular formula is C9H8ClO. The van der Waals surface area contributed by atoms with Gasteiger partial charge in [-0.3, -0.25) is 4.79 Å². The lowest BCUT2D eigenvalue weighted by molar-refractivity contribution is 0.551. The molecule has 2 heteroatoms. The lowest BCUT2D eigenvalue weighted by Crippen LogP contribution is -1.84. The fourth-order valence-electron chi connectivity index (χ4n) is 0.846. The quantitative estimate of drug-likeness (QED) is 0.676. The van der Waals surface area contributed by atoms with Crippen molar-refractivity contribution in [3.8, 4) is 0 Å². The molecule has 1 nitrogen and oxygen atoms in total. The van der Waals surface area contributed by atoms with Gasteiger partial charge in [0.15, 0.2) is 6.29 Å². The molecule has 11 heavy (non-hydrogen) atoms. The van der Waals surface area contributed by atoms with Crippen LogP contribution in [-0.2, 0) is 11.2 Å². The van der Waals surface area contributed by atoms with Gasteiger partial charge >= 0.3 is 0 Å². The van der Waals surface area contributed by atoms with Gasteiger partial charge in [0.25, 0.3) is 0 Å². The van der Waals surface area contributed by atoms with Crippen molar-refractivity contribution in [3.05, 3.63) is 34.9 Å². The second kappa shape index (κ2) is 4.14. The van der Waals surface area contributed by atoms with Gasteiger partial charge in [-0.2, -0.15) is 0 Å². The highest BCUT2D eigenvalue weighted by molar-refractivity contribution is 6.30. The fourth-order valence-corrected chi connectivity index (χ4v) is 0.972. The summed E-state index contributed by atoms with van der Waals surface area (Å²) in [6.07, 6.45) is 3.06. The Morgan fingerprint density at radius 1 is 1.27 bits per heavy atom. The van der Waals surface area contributed by atoms with Crippen LogP contribution in [-0.4, -0.2) is 6.29 Å². The van der Waals surface area contributed by atoms with Crippen molar-refractivity contribution in [2.45, 2.75) is 12.8 Å². The summed E-state index contributed by atoms with van der Waals surface area (Å²) in [4.78, 5) is 9.89. The highest BCUT2D eigenvalue weighted by Crippen LogP contribution is 2.10. The predicted octanol–water partition coefficient (Wildman–Crippen LogP) is 2.38. The van der Waals surface area contributed by atoms with E-state index in [-0.39, 0.29) is 0 Å². The van der Waals surface area contributed by atoms with Crippen LogP contribution in [0.4, 0.5) is 0 Å². The van der Waals surface area contributed by atoms with Crippen LogP contribution >= 0.6 is 11.6 Å². The Labute approximate surface area is 71.0 Å². The number of aryl methyl sites for hydroxylation is 1. The van der Waals surface area contributed by atoms with Crippen LogP contribution in [0.5, 0.6) is 0 Å². The monoisotopic (exact) mass is 167 g/mol. The van der Waals surface area contributed by atoms with Crippen molar-refractivity contribution in [2.75, 3.05) is 0 Å². The zero-order chi connectivity index (χ0) is 8.10. The van der Waals surface area contributed by atoms with Gasteiger partial charge in [-0.25, -0.2) is 0 Å². The van der Waals surface area contributed by atoms with Gasteiger partial charge in [0.1, 0.15) is 0 Å². The first-order chi connectivity index (χ1) is 5.33. The third-order valence-electron chi connectivity index (χ3n) is 1.43. The zero-order valence-corrected chi connectivity index (χ0v) is 6.77. The van der Waals surface area contributed by atoms with Crippen LogP contribution in [0.3, 0.4) is 0 Å². The molecule has 0 N–H and O–H groups in total. The van der Waals surface area contributed by atoms with Crippen LogP contribution in [0.25, 0.3) is 0 Å². The molecule has 1 radical (unpaired) electrons. The van der Waals surface area contributed by atoms with E-state index < -0.39 is 0 Å². The summed E-state index contributed by atoms with van der Waals surface area (Å²) in [7, 11) is 0. The number of halogens is 1. The maximum Gasteiger partial charge on any atom is 0.198 e. The molecule has 0 aliphatic rings. The van der Waals surface area contributed by atoms with Gasteiger partial charge in [-0.05, 0) is 24.1 Å². The lowest BCUT2D eigenvalue weighted by atomic mass is 10.1. The van der Waals surface area contributed by atoms with Crippen molar-refractivity contribution in [3.63, 3.8) is 0 Å². The van der Waals surface area contributed by atoms with Crippen molar-refractivity contribution in [1.29, 1.82) is 0 Å². The molecule has 1 aromatic carbocycles. The molecule has 1 aromatic rings. The Hall–Kier alpha value is -0.820. The molecule has 0 aliphatic carbocycles. The minimum atomic E-state index is 0.460. The predicted molar refractivity (Wildman–Crippen MR) is 45.5 cm³/mol. The standard InChI is InChI=1S/C9H8ClO/c10-9-5-3-8(4-6-9)2-1-7-11/h3-6H,1-2H2. The SMILES string of the molecule is O=[C]CCc1ccc(Cl)cc1. The third kappa shape index (κ3) is 2.72. The highest BCUT2D eigenvalue weighted by Gasteiger charge is 1.91. The van der Waals surface area contributed by atoms with Crippen LogP contribution in [0.1, 0.15) is 12.0 Å². The number of benzene rings is 1. The molecule has 0 saturated heterocycles. The van der Waals surface area contributed by atoms with Crippen molar-refractivity contribution in [2.24, 2.45) is 0 Å². The summed E-state index contributed by atoms with van der Waals surface area (Å²) in [6, 6.07) is 7.47. The molecule has 1 rings (SSSR count). The second-order valence-electron chi connectivity index (χ2n) is 2.27.